The van der Waals surface area contributed by atoms with E-state index in [0.717, 1.165) is 18.3 Å². The molecule has 1 aliphatic heterocycles. The molecule has 12 heteroatoms. The number of amides is 1. The van der Waals surface area contributed by atoms with Crippen LogP contribution in [0.15, 0.2) is 70.6 Å². The molecule has 0 saturated carbocycles. The number of aliphatic imine (C=N–C) groups is 1. The molecule has 0 bridgehead atoms. The van der Waals surface area contributed by atoms with Gasteiger partial charge in [0.25, 0.3) is 11.6 Å². The zero-order valence-electron chi connectivity index (χ0n) is 19.8. The molecule has 0 radical (unpaired) electrons. The number of hydrogen-bond donors (Lipinski definition) is 1. The van der Waals surface area contributed by atoms with Gasteiger partial charge in [0.1, 0.15) is 12.4 Å². The number of halogens is 2. The highest BCUT2D eigenvalue weighted by Crippen LogP contribution is 2.36. The average molecular weight is 755 g/mol. The van der Waals surface area contributed by atoms with Gasteiger partial charge in [0.15, 0.2) is 5.17 Å². The Balaban J connectivity index is 1.54. The van der Waals surface area contributed by atoms with Crippen molar-refractivity contribution in [2.75, 3.05) is 6.54 Å². The number of carbonyl (C=O) groups excluding carboxylic acids is 1. The Morgan fingerprint density at radius 1 is 1.16 bits per heavy atom. The summed E-state index contributed by atoms with van der Waals surface area (Å²) in [6, 6.07) is 16.3. The molecule has 0 aliphatic carbocycles. The number of nitro benzene ring substituents is 1. The summed E-state index contributed by atoms with van der Waals surface area (Å²) >= 11 is 5.59. The molecule has 0 atom stereocenters. The molecule has 1 heterocycles. The van der Waals surface area contributed by atoms with Crippen molar-refractivity contribution in [1.82, 2.24) is 4.90 Å². The smallest absolute Gasteiger partial charge is 0.335 e. The van der Waals surface area contributed by atoms with Crippen LogP contribution in [0.2, 0.25) is 0 Å². The van der Waals surface area contributed by atoms with E-state index in [0.29, 0.717) is 28.1 Å². The summed E-state index contributed by atoms with van der Waals surface area (Å²) in [4.78, 5) is 41.4. The van der Waals surface area contributed by atoms with E-state index in [1.54, 1.807) is 35.2 Å². The van der Waals surface area contributed by atoms with E-state index >= 15 is 0 Å². The van der Waals surface area contributed by atoms with Crippen LogP contribution in [-0.4, -0.2) is 38.5 Å². The van der Waals surface area contributed by atoms with Gasteiger partial charge >= 0.3 is 5.97 Å². The molecule has 1 amide bonds. The van der Waals surface area contributed by atoms with E-state index in [2.05, 4.69) is 50.2 Å². The first-order valence-corrected chi connectivity index (χ1v) is 14.1. The summed E-state index contributed by atoms with van der Waals surface area (Å²) in [5.41, 5.74) is 2.24. The van der Waals surface area contributed by atoms with Gasteiger partial charge in [-0.25, -0.2) is 9.79 Å². The van der Waals surface area contributed by atoms with Crippen molar-refractivity contribution in [2.45, 2.75) is 13.5 Å². The maximum Gasteiger partial charge on any atom is 0.335 e. The molecule has 1 fully saturated rings. The Hall–Kier alpha value is -2.98. The maximum absolute atomic E-state index is 13.1. The minimum atomic E-state index is -1.04. The topological polar surface area (TPSA) is 122 Å². The Morgan fingerprint density at radius 2 is 1.84 bits per heavy atom. The molecule has 3 aromatic carbocycles. The van der Waals surface area contributed by atoms with Crippen LogP contribution in [0.3, 0.4) is 0 Å². The lowest BCUT2D eigenvalue weighted by atomic mass is 10.2. The van der Waals surface area contributed by atoms with Crippen LogP contribution in [0.5, 0.6) is 5.75 Å². The number of rotatable bonds is 8. The zero-order chi connectivity index (χ0) is 27.4. The number of carbonyl (C=O) groups is 2. The van der Waals surface area contributed by atoms with E-state index in [1.807, 2.05) is 19.1 Å². The first kappa shape index (κ1) is 28.0. The molecule has 0 unspecified atom stereocenters. The molecule has 1 saturated heterocycles. The van der Waals surface area contributed by atoms with Crippen LogP contribution >= 0.6 is 56.9 Å². The van der Waals surface area contributed by atoms with Gasteiger partial charge in [-0.3, -0.25) is 19.8 Å². The SMILES string of the molecule is CCN1C(=O)/C(=C/c2cc(I)c(OCc3ccc([N+](=O)[O-])cc3)c(I)c2)SC1=Nc1cccc(C(=O)O)c1. The first-order valence-electron chi connectivity index (χ1n) is 11.1. The van der Waals surface area contributed by atoms with Gasteiger partial charge in [0.2, 0.25) is 0 Å². The third kappa shape index (κ3) is 6.53. The maximum atomic E-state index is 13.1. The van der Waals surface area contributed by atoms with Gasteiger partial charge in [0.05, 0.1) is 28.2 Å². The van der Waals surface area contributed by atoms with Gasteiger partial charge in [-0.2, -0.15) is 0 Å². The summed E-state index contributed by atoms with van der Waals surface area (Å²) in [7, 11) is 0. The summed E-state index contributed by atoms with van der Waals surface area (Å²) < 4.78 is 7.70. The number of non-ortho nitro benzene ring substituents is 1. The number of nitro groups is 1. The second-order valence-corrected chi connectivity index (χ2v) is 11.3. The fourth-order valence-electron chi connectivity index (χ4n) is 3.51. The number of likely N-dealkylation sites (N-methyl/N-ethyl adjacent to an activating group) is 1. The van der Waals surface area contributed by atoms with Crippen LogP contribution in [-0.2, 0) is 11.4 Å². The molecule has 1 aliphatic rings. The van der Waals surface area contributed by atoms with E-state index in [9.17, 15) is 24.8 Å². The number of amidine groups is 1. The van der Waals surface area contributed by atoms with Crippen LogP contribution in [0.1, 0.15) is 28.4 Å². The van der Waals surface area contributed by atoms with E-state index in [1.165, 1.54) is 36.0 Å². The summed E-state index contributed by atoms with van der Waals surface area (Å²) in [5.74, 6) is -0.526. The second-order valence-electron chi connectivity index (χ2n) is 7.94. The molecular weight excluding hydrogens is 736 g/mol. The number of aromatic carboxylic acids is 1. The molecule has 9 nitrogen and oxygen atoms in total. The highest BCUT2D eigenvalue weighted by molar-refractivity contribution is 14.1. The number of nitrogens with zero attached hydrogens (tertiary/aromatic N) is 3. The molecule has 38 heavy (non-hydrogen) atoms. The van der Waals surface area contributed by atoms with Crippen molar-refractivity contribution in [1.29, 1.82) is 0 Å². The standard InChI is InChI=1S/C26H19I2N3O6S/c1-2-30-24(32)22(38-26(30)29-18-5-3-4-17(13-18)25(33)34)12-16-10-20(27)23(21(28)11-16)37-14-15-6-8-19(9-7-15)31(35)36/h3-13H,2,14H2,1H3,(H,33,34)/b22-12-,29-26?. The Bertz CT molecular complexity index is 1470. The van der Waals surface area contributed by atoms with Gasteiger partial charge in [-0.05, 0) is 124 Å². The lowest BCUT2D eigenvalue weighted by Gasteiger charge is -2.12. The number of carboxylic acids is 1. The predicted molar refractivity (Wildman–Crippen MR) is 163 cm³/mol. The Labute approximate surface area is 249 Å². The number of thioether (sulfide) groups is 1. The van der Waals surface area contributed by atoms with Crippen molar-refractivity contribution < 1.29 is 24.4 Å². The van der Waals surface area contributed by atoms with Crippen LogP contribution < -0.4 is 4.74 Å². The van der Waals surface area contributed by atoms with Crippen molar-refractivity contribution >= 4 is 91.4 Å². The zero-order valence-corrected chi connectivity index (χ0v) is 24.9. The molecular formula is C26H19I2N3O6S. The minimum Gasteiger partial charge on any atom is -0.487 e. The molecule has 4 rings (SSSR count). The predicted octanol–water partition coefficient (Wildman–Crippen LogP) is 6.71. The molecule has 1 N–H and O–H groups in total. The normalized spacial score (nSPS) is 15.3. The van der Waals surface area contributed by atoms with E-state index < -0.39 is 10.9 Å². The van der Waals surface area contributed by atoms with E-state index in [4.69, 9.17) is 4.74 Å². The summed E-state index contributed by atoms with van der Waals surface area (Å²) in [6.07, 6.45) is 1.80. The molecule has 3 aromatic rings. The number of carboxylic acid groups (broad SMARTS) is 1. The quantitative estimate of drug-likeness (QED) is 0.118. The summed E-state index contributed by atoms with van der Waals surface area (Å²) in [5, 5.41) is 20.6. The second kappa shape index (κ2) is 12.3. The molecule has 0 aromatic heterocycles. The monoisotopic (exact) mass is 755 g/mol. The van der Waals surface area contributed by atoms with Crippen molar-refractivity contribution in [3.05, 3.63) is 99.5 Å². The van der Waals surface area contributed by atoms with Crippen molar-refractivity contribution in [2.24, 2.45) is 4.99 Å². The van der Waals surface area contributed by atoms with Gasteiger partial charge < -0.3 is 9.84 Å². The minimum absolute atomic E-state index is 0.0262. The third-order valence-corrected chi connectivity index (χ3v) is 7.98. The number of ether oxygens (including phenoxy) is 1. The third-order valence-electron chi connectivity index (χ3n) is 5.37. The van der Waals surface area contributed by atoms with Crippen LogP contribution in [0.25, 0.3) is 6.08 Å². The molecule has 194 valence electrons. The van der Waals surface area contributed by atoms with Gasteiger partial charge in [0, 0.05) is 18.7 Å². The van der Waals surface area contributed by atoms with Gasteiger partial charge in [-0.15, -0.1) is 0 Å². The molecule has 0 spiro atoms. The van der Waals surface area contributed by atoms with Crippen LogP contribution in [0, 0.1) is 17.3 Å². The highest BCUT2D eigenvalue weighted by atomic mass is 127. The van der Waals surface area contributed by atoms with Crippen molar-refractivity contribution in [3.63, 3.8) is 0 Å². The lowest BCUT2D eigenvalue weighted by Crippen LogP contribution is -2.28. The number of hydrogen-bond acceptors (Lipinski definition) is 7. The van der Waals surface area contributed by atoms with Crippen molar-refractivity contribution in [3.8, 4) is 5.75 Å². The largest absolute Gasteiger partial charge is 0.487 e. The van der Waals surface area contributed by atoms with E-state index in [-0.39, 0.29) is 23.8 Å². The van der Waals surface area contributed by atoms with Gasteiger partial charge in [-0.1, -0.05) is 6.07 Å². The number of benzene rings is 3. The fourth-order valence-corrected chi connectivity index (χ4v) is 6.70. The fraction of sp³-hybridized carbons (Fsp3) is 0.115. The summed E-state index contributed by atoms with van der Waals surface area (Å²) in [6.45, 7) is 2.53. The lowest BCUT2D eigenvalue weighted by molar-refractivity contribution is -0.384. The first-order chi connectivity index (χ1) is 18.2. The Kier molecular flexibility index (Phi) is 9.04. The Morgan fingerprint density at radius 3 is 2.45 bits per heavy atom. The average Bonchev–Trinajstić information content (AvgIpc) is 3.17. The van der Waals surface area contributed by atoms with Crippen LogP contribution in [0.4, 0.5) is 11.4 Å². The highest BCUT2D eigenvalue weighted by Gasteiger charge is 2.32.